The number of hydrogen-bond acceptors (Lipinski definition) is 3. The van der Waals surface area contributed by atoms with E-state index in [-0.39, 0.29) is 11.8 Å². The molecule has 0 aromatic heterocycles. The second-order valence-electron chi connectivity index (χ2n) is 7.68. The van der Waals surface area contributed by atoms with Crippen molar-refractivity contribution >= 4 is 5.91 Å². The van der Waals surface area contributed by atoms with Gasteiger partial charge in [-0.05, 0) is 44.4 Å². The third-order valence-electron chi connectivity index (χ3n) is 5.41. The van der Waals surface area contributed by atoms with E-state index in [4.69, 9.17) is 0 Å². The zero-order chi connectivity index (χ0) is 16.2. The van der Waals surface area contributed by atoms with Crippen LogP contribution in [0.1, 0.15) is 65.7 Å². The third kappa shape index (κ3) is 4.71. The highest BCUT2D eigenvalue weighted by Gasteiger charge is 2.33. The molecular weight excluding hydrogens is 274 g/mol. The van der Waals surface area contributed by atoms with Crippen molar-refractivity contribution in [2.75, 3.05) is 13.1 Å². The van der Waals surface area contributed by atoms with E-state index in [9.17, 15) is 10.1 Å². The van der Waals surface area contributed by atoms with Crippen LogP contribution in [-0.4, -0.2) is 35.5 Å². The van der Waals surface area contributed by atoms with Gasteiger partial charge in [0.05, 0.1) is 12.6 Å². The molecule has 0 saturated heterocycles. The summed E-state index contributed by atoms with van der Waals surface area (Å²) in [4.78, 5) is 14.9. The van der Waals surface area contributed by atoms with Gasteiger partial charge in [-0.25, -0.2) is 0 Å². The minimum Gasteiger partial charge on any atom is -0.337 e. The summed E-state index contributed by atoms with van der Waals surface area (Å²) in [6.07, 6.45) is 8.98. The Balaban J connectivity index is 1.93. The Bertz CT molecular complexity index is 419. The molecule has 0 bridgehead atoms. The molecule has 1 N–H and O–H groups in total. The van der Waals surface area contributed by atoms with Crippen LogP contribution in [0.15, 0.2) is 0 Å². The van der Waals surface area contributed by atoms with E-state index in [1.807, 2.05) is 20.8 Å². The molecule has 2 aliphatic carbocycles. The summed E-state index contributed by atoms with van der Waals surface area (Å²) in [5, 5.41) is 12.3. The first kappa shape index (κ1) is 17.3. The van der Waals surface area contributed by atoms with E-state index >= 15 is 0 Å². The molecule has 4 heteroatoms. The third-order valence-corrected chi connectivity index (χ3v) is 5.41. The van der Waals surface area contributed by atoms with Crippen LogP contribution in [0.2, 0.25) is 0 Å². The van der Waals surface area contributed by atoms with Crippen LogP contribution in [0, 0.1) is 23.2 Å². The number of carbonyl (C=O) groups is 1. The van der Waals surface area contributed by atoms with Gasteiger partial charge in [0.25, 0.3) is 0 Å². The van der Waals surface area contributed by atoms with Gasteiger partial charge in [-0.2, -0.15) is 5.26 Å². The summed E-state index contributed by atoms with van der Waals surface area (Å²) in [6, 6.07) is 2.83. The number of rotatable bonds is 7. The molecule has 0 aliphatic heterocycles. The monoisotopic (exact) mass is 305 g/mol. The molecular formula is C18H31N3O. The van der Waals surface area contributed by atoms with Gasteiger partial charge in [-0.15, -0.1) is 0 Å². The minimum atomic E-state index is -0.769. The highest BCUT2D eigenvalue weighted by Crippen LogP contribution is 2.32. The molecule has 0 aromatic carbocycles. The Morgan fingerprint density at radius 1 is 1.27 bits per heavy atom. The molecule has 1 unspecified atom stereocenters. The number of nitrogens with one attached hydrogen (secondary N) is 1. The molecule has 2 fully saturated rings. The predicted molar refractivity (Wildman–Crippen MR) is 88.2 cm³/mol. The molecule has 1 amide bonds. The van der Waals surface area contributed by atoms with Crippen molar-refractivity contribution in [2.24, 2.45) is 11.8 Å². The molecule has 1 atom stereocenters. The fraction of sp³-hybridized carbons (Fsp3) is 0.889. The summed E-state index contributed by atoms with van der Waals surface area (Å²) in [5.41, 5.74) is -0.769. The van der Waals surface area contributed by atoms with E-state index in [0.29, 0.717) is 12.6 Å². The van der Waals surface area contributed by atoms with Gasteiger partial charge in [0.1, 0.15) is 5.54 Å². The van der Waals surface area contributed by atoms with Crippen molar-refractivity contribution in [2.45, 2.75) is 77.3 Å². The molecule has 4 nitrogen and oxygen atoms in total. The summed E-state index contributed by atoms with van der Waals surface area (Å²) < 4.78 is 0. The van der Waals surface area contributed by atoms with Gasteiger partial charge < -0.3 is 5.32 Å². The lowest BCUT2D eigenvalue weighted by Gasteiger charge is -2.35. The molecule has 2 rings (SSSR count). The van der Waals surface area contributed by atoms with Gasteiger partial charge in [-0.1, -0.05) is 33.1 Å². The first-order valence-electron chi connectivity index (χ1n) is 8.91. The minimum absolute atomic E-state index is 0.00368. The van der Waals surface area contributed by atoms with Crippen LogP contribution in [0.5, 0.6) is 0 Å². The SMILES string of the molecule is CC(C)C(C)(C#N)NC(=O)CN(CC1CC1)C1CCCCC1. The van der Waals surface area contributed by atoms with Crippen molar-refractivity contribution in [3.63, 3.8) is 0 Å². The number of hydrogen-bond donors (Lipinski definition) is 1. The average molecular weight is 305 g/mol. The Kier molecular flexibility index (Phi) is 5.86. The van der Waals surface area contributed by atoms with Gasteiger partial charge in [0.2, 0.25) is 5.91 Å². The fourth-order valence-electron chi connectivity index (χ4n) is 3.24. The summed E-state index contributed by atoms with van der Waals surface area (Å²) in [5.74, 6) is 0.902. The summed E-state index contributed by atoms with van der Waals surface area (Å²) in [6.45, 7) is 7.29. The first-order valence-corrected chi connectivity index (χ1v) is 8.91. The maximum absolute atomic E-state index is 12.5. The molecule has 0 heterocycles. The summed E-state index contributed by atoms with van der Waals surface area (Å²) >= 11 is 0. The zero-order valence-electron chi connectivity index (χ0n) is 14.4. The smallest absolute Gasteiger partial charge is 0.235 e. The first-order chi connectivity index (χ1) is 10.4. The largest absolute Gasteiger partial charge is 0.337 e. The van der Waals surface area contributed by atoms with E-state index in [1.54, 1.807) is 0 Å². The lowest BCUT2D eigenvalue weighted by molar-refractivity contribution is -0.124. The molecule has 0 aromatic rings. The number of carbonyl (C=O) groups excluding carboxylic acids is 1. The van der Waals surface area contributed by atoms with Crippen molar-refractivity contribution in [3.8, 4) is 6.07 Å². The molecule has 22 heavy (non-hydrogen) atoms. The fourth-order valence-corrected chi connectivity index (χ4v) is 3.24. The van der Waals surface area contributed by atoms with Gasteiger partial charge in [0, 0.05) is 12.6 Å². The van der Waals surface area contributed by atoms with Crippen molar-refractivity contribution in [1.29, 1.82) is 5.26 Å². The quantitative estimate of drug-likeness (QED) is 0.786. The molecule has 2 aliphatic rings. The predicted octanol–water partition coefficient (Wildman–Crippen LogP) is 3.09. The molecule has 124 valence electrons. The van der Waals surface area contributed by atoms with Gasteiger partial charge in [-0.3, -0.25) is 9.69 Å². The topological polar surface area (TPSA) is 56.1 Å². The molecule has 0 radical (unpaired) electrons. The van der Waals surface area contributed by atoms with E-state index < -0.39 is 5.54 Å². The van der Waals surface area contributed by atoms with Crippen LogP contribution < -0.4 is 5.32 Å². The summed E-state index contributed by atoms with van der Waals surface area (Å²) in [7, 11) is 0. The van der Waals surface area contributed by atoms with Crippen molar-refractivity contribution < 1.29 is 4.79 Å². The van der Waals surface area contributed by atoms with E-state index in [2.05, 4.69) is 16.3 Å². The van der Waals surface area contributed by atoms with Crippen LogP contribution in [0.25, 0.3) is 0 Å². The normalized spacial score (nSPS) is 22.4. The number of nitriles is 1. The highest BCUT2D eigenvalue weighted by molar-refractivity contribution is 5.79. The second-order valence-corrected chi connectivity index (χ2v) is 7.68. The Labute approximate surface area is 135 Å². The average Bonchev–Trinajstić information content (AvgIpc) is 3.31. The lowest BCUT2D eigenvalue weighted by atomic mass is 9.90. The second kappa shape index (κ2) is 7.46. The number of nitrogens with zero attached hydrogens (tertiary/aromatic N) is 2. The van der Waals surface area contributed by atoms with Crippen LogP contribution >= 0.6 is 0 Å². The standard InChI is InChI=1S/C18H31N3O/c1-14(2)18(3,13-19)20-17(22)12-21(11-15-9-10-15)16-7-5-4-6-8-16/h14-16H,4-12H2,1-3H3,(H,20,22). The van der Waals surface area contributed by atoms with Crippen molar-refractivity contribution in [3.05, 3.63) is 0 Å². The highest BCUT2D eigenvalue weighted by atomic mass is 16.2. The Morgan fingerprint density at radius 2 is 1.91 bits per heavy atom. The van der Waals surface area contributed by atoms with E-state index in [1.165, 1.54) is 44.9 Å². The Morgan fingerprint density at radius 3 is 2.41 bits per heavy atom. The van der Waals surface area contributed by atoms with Crippen LogP contribution in [0.3, 0.4) is 0 Å². The maximum atomic E-state index is 12.5. The van der Waals surface area contributed by atoms with E-state index in [0.717, 1.165) is 12.5 Å². The van der Waals surface area contributed by atoms with Gasteiger partial charge in [0.15, 0.2) is 0 Å². The van der Waals surface area contributed by atoms with Crippen LogP contribution in [-0.2, 0) is 4.79 Å². The Hall–Kier alpha value is -1.08. The number of amides is 1. The van der Waals surface area contributed by atoms with Crippen molar-refractivity contribution in [1.82, 2.24) is 10.2 Å². The molecule has 0 spiro atoms. The van der Waals surface area contributed by atoms with Gasteiger partial charge >= 0.3 is 0 Å². The maximum Gasteiger partial charge on any atom is 0.235 e. The zero-order valence-corrected chi connectivity index (χ0v) is 14.4. The lowest BCUT2D eigenvalue weighted by Crippen LogP contribution is -2.53. The van der Waals surface area contributed by atoms with Crippen LogP contribution in [0.4, 0.5) is 0 Å². The molecule has 2 saturated carbocycles.